The van der Waals surface area contributed by atoms with E-state index in [1.165, 1.54) is 6.20 Å². The third-order valence-corrected chi connectivity index (χ3v) is 5.03. The zero-order valence-corrected chi connectivity index (χ0v) is 15.2. The van der Waals surface area contributed by atoms with E-state index in [4.69, 9.17) is 0 Å². The van der Waals surface area contributed by atoms with Gasteiger partial charge in [-0.1, -0.05) is 0 Å². The van der Waals surface area contributed by atoms with Gasteiger partial charge in [-0.2, -0.15) is 13.2 Å². The van der Waals surface area contributed by atoms with E-state index in [1.54, 1.807) is 18.6 Å². The van der Waals surface area contributed by atoms with Gasteiger partial charge < -0.3 is 9.47 Å². The van der Waals surface area contributed by atoms with Crippen LogP contribution < -0.4 is 4.90 Å². The predicted molar refractivity (Wildman–Crippen MR) is 99.0 cm³/mol. The zero-order valence-electron chi connectivity index (χ0n) is 15.2. The van der Waals surface area contributed by atoms with E-state index < -0.39 is 11.7 Å². The molecule has 3 aromatic rings. The molecule has 8 heteroatoms. The molecule has 0 amide bonds. The van der Waals surface area contributed by atoms with Crippen molar-refractivity contribution in [2.24, 2.45) is 0 Å². The van der Waals surface area contributed by atoms with Gasteiger partial charge in [0.15, 0.2) is 0 Å². The van der Waals surface area contributed by atoms with Crippen molar-refractivity contribution in [2.75, 3.05) is 18.0 Å². The van der Waals surface area contributed by atoms with Gasteiger partial charge in [0.2, 0.25) is 0 Å². The molecule has 0 unspecified atom stereocenters. The molecule has 0 bridgehead atoms. The Morgan fingerprint density at radius 2 is 1.86 bits per heavy atom. The molecule has 1 saturated heterocycles. The molecule has 0 aliphatic carbocycles. The number of anilines is 1. The molecule has 0 radical (unpaired) electrons. The number of hydrogen-bond acceptors (Lipinski definition) is 4. The highest BCUT2D eigenvalue weighted by atomic mass is 19.4. The molecule has 0 N–H and O–H groups in total. The summed E-state index contributed by atoms with van der Waals surface area (Å²) in [7, 11) is 0. The number of hydrogen-bond donors (Lipinski definition) is 0. The van der Waals surface area contributed by atoms with Crippen LogP contribution in [0.1, 0.15) is 35.7 Å². The fraction of sp³-hybridized carbons (Fsp3) is 0.350. The summed E-state index contributed by atoms with van der Waals surface area (Å²) in [5, 5.41) is 0. The van der Waals surface area contributed by atoms with Crippen molar-refractivity contribution in [1.29, 1.82) is 0 Å². The van der Waals surface area contributed by atoms with Crippen molar-refractivity contribution in [1.82, 2.24) is 19.5 Å². The monoisotopic (exact) mass is 387 g/mol. The van der Waals surface area contributed by atoms with Crippen molar-refractivity contribution in [2.45, 2.75) is 31.5 Å². The Morgan fingerprint density at radius 3 is 2.64 bits per heavy atom. The average molecular weight is 387 g/mol. The minimum Gasteiger partial charge on any atom is -0.356 e. The molecule has 4 rings (SSSR count). The minimum absolute atomic E-state index is 0.141. The Morgan fingerprint density at radius 1 is 1.04 bits per heavy atom. The van der Waals surface area contributed by atoms with Gasteiger partial charge in [0.05, 0.1) is 5.56 Å². The highest BCUT2D eigenvalue weighted by Gasteiger charge is 2.32. The van der Waals surface area contributed by atoms with Crippen molar-refractivity contribution in [3.05, 3.63) is 72.2 Å². The van der Waals surface area contributed by atoms with Crippen LogP contribution in [0.25, 0.3) is 0 Å². The van der Waals surface area contributed by atoms with Gasteiger partial charge in [-0.15, -0.1) is 0 Å². The zero-order chi connectivity index (χ0) is 19.6. The summed E-state index contributed by atoms with van der Waals surface area (Å²) in [5.41, 5.74) is 0.459. The van der Waals surface area contributed by atoms with Crippen LogP contribution in [0.3, 0.4) is 0 Å². The minimum atomic E-state index is -4.37. The van der Waals surface area contributed by atoms with Gasteiger partial charge in [0.1, 0.15) is 11.6 Å². The SMILES string of the molecule is FC(F)(F)c1ccnc(N2CCC[C@@H](c3nccn3Cc3ccncc3)C2)c1. The lowest BCUT2D eigenvalue weighted by Gasteiger charge is -2.33. The molecule has 146 valence electrons. The number of nitrogens with zero attached hydrogens (tertiary/aromatic N) is 5. The molecule has 0 spiro atoms. The summed E-state index contributed by atoms with van der Waals surface area (Å²) >= 11 is 0. The van der Waals surface area contributed by atoms with E-state index in [2.05, 4.69) is 19.5 Å². The lowest BCUT2D eigenvalue weighted by Crippen LogP contribution is -2.36. The van der Waals surface area contributed by atoms with E-state index in [-0.39, 0.29) is 5.92 Å². The molecule has 3 aromatic heterocycles. The Hall–Kier alpha value is -2.90. The first-order valence-electron chi connectivity index (χ1n) is 9.19. The van der Waals surface area contributed by atoms with E-state index >= 15 is 0 Å². The fourth-order valence-electron chi connectivity index (χ4n) is 3.66. The number of aromatic nitrogens is 4. The maximum Gasteiger partial charge on any atom is 0.416 e. The highest BCUT2D eigenvalue weighted by Crippen LogP contribution is 2.33. The van der Waals surface area contributed by atoms with Gasteiger partial charge in [-0.05, 0) is 42.7 Å². The van der Waals surface area contributed by atoms with Crippen LogP contribution >= 0.6 is 0 Å². The lowest BCUT2D eigenvalue weighted by atomic mass is 9.97. The summed E-state index contributed by atoms with van der Waals surface area (Å²) in [6, 6.07) is 6.06. The second kappa shape index (κ2) is 7.61. The largest absolute Gasteiger partial charge is 0.416 e. The maximum absolute atomic E-state index is 13.0. The lowest BCUT2D eigenvalue weighted by molar-refractivity contribution is -0.137. The van der Waals surface area contributed by atoms with Crippen molar-refractivity contribution < 1.29 is 13.2 Å². The molecule has 1 aliphatic rings. The standard InChI is InChI=1S/C20H20F3N5/c21-20(22,23)17-5-8-25-18(12-17)27-10-1-2-16(14-27)19-26-9-11-28(19)13-15-3-6-24-7-4-15/h3-9,11-12,16H,1-2,10,13-14H2/t16-/m1/s1. The molecule has 5 nitrogen and oxygen atoms in total. The maximum atomic E-state index is 13.0. The van der Waals surface area contributed by atoms with Crippen LogP contribution in [0.4, 0.5) is 19.0 Å². The number of alkyl halides is 3. The van der Waals surface area contributed by atoms with E-state index in [0.717, 1.165) is 36.4 Å². The normalized spacial score (nSPS) is 17.7. The second-order valence-electron chi connectivity index (χ2n) is 6.95. The summed E-state index contributed by atoms with van der Waals surface area (Å²) in [6.45, 7) is 1.98. The number of piperidine rings is 1. The van der Waals surface area contributed by atoms with Crippen molar-refractivity contribution >= 4 is 5.82 Å². The Kier molecular flexibility index (Phi) is 5.02. The van der Waals surface area contributed by atoms with Gasteiger partial charge in [-0.25, -0.2) is 9.97 Å². The van der Waals surface area contributed by atoms with Crippen LogP contribution in [0.2, 0.25) is 0 Å². The van der Waals surface area contributed by atoms with Crippen LogP contribution in [0, 0.1) is 0 Å². The molecule has 0 saturated carbocycles. The summed E-state index contributed by atoms with van der Waals surface area (Å²) in [4.78, 5) is 14.7. The van der Waals surface area contributed by atoms with E-state index in [1.807, 2.05) is 23.2 Å². The number of pyridine rings is 2. The smallest absolute Gasteiger partial charge is 0.356 e. The first-order chi connectivity index (χ1) is 13.5. The van der Waals surface area contributed by atoms with Crippen LogP contribution in [-0.2, 0) is 12.7 Å². The molecule has 1 aliphatic heterocycles. The molecule has 1 atom stereocenters. The summed E-state index contributed by atoms with van der Waals surface area (Å²) < 4.78 is 41.2. The van der Waals surface area contributed by atoms with Crippen molar-refractivity contribution in [3.63, 3.8) is 0 Å². The van der Waals surface area contributed by atoms with Gasteiger partial charge in [0, 0.05) is 56.5 Å². The van der Waals surface area contributed by atoms with Crippen LogP contribution in [0.15, 0.2) is 55.2 Å². The van der Waals surface area contributed by atoms with Gasteiger partial charge in [-0.3, -0.25) is 4.98 Å². The molecule has 28 heavy (non-hydrogen) atoms. The third-order valence-electron chi connectivity index (χ3n) is 5.03. The first kappa shape index (κ1) is 18.5. The number of imidazole rings is 1. The molecule has 0 aromatic carbocycles. The number of halogens is 3. The van der Waals surface area contributed by atoms with Crippen molar-refractivity contribution in [3.8, 4) is 0 Å². The summed E-state index contributed by atoms with van der Waals surface area (Å²) in [6.07, 6.45) is 5.92. The Balaban J connectivity index is 1.53. The Labute approximate surface area is 160 Å². The first-order valence-corrected chi connectivity index (χ1v) is 9.19. The second-order valence-corrected chi connectivity index (χ2v) is 6.95. The highest BCUT2D eigenvalue weighted by molar-refractivity contribution is 5.43. The molecule has 1 fully saturated rings. The van der Waals surface area contributed by atoms with Crippen LogP contribution in [0.5, 0.6) is 0 Å². The quantitative estimate of drug-likeness (QED) is 0.676. The molecular weight excluding hydrogens is 367 g/mol. The number of rotatable bonds is 4. The van der Waals surface area contributed by atoms with Gasteiger partial charge >= 0.3 is 6.18 Å². The van der Waals surface area contributed by atoms with E-state index in [0.29, 0.717) is 25.5 Å². The average Bonchev–Trinajstić information content (AvgIpc) is 3.16. The van der Waals surface area contributed by atoms with Gasteiger partial charge in [0.25, 0.3) is 0 Å². The molecular formula is C20H20F3N5. The van der Waals surface area contributed by atoms with E-state index in [9.17, 15) is 13.2 Å². The topological polar surface area (TPSA) is 46.8 Å². The fourth-order valence-corrected chi connectivity index (χ4v) is 3.66. The molecule has 4 heterocycles. The third kappa shape index (κ3) is 4.00. The predicted octanol–water partition coefficient (Wildman–Crippen LogP) is 4.12. The van der Waals surface area contributed by atoms with Crippen LogP contribution in [-0.4, -0.2) is 32.6 Å². The Bertz CT molecular complexity index is 923. The summed E-state index contributed by atoms with van der Waals surface area (Å²) in [5.74, 6) is 1.46.